The van der Waals surface area contributed by atoms with E-state index in [1.807, 2.05) is 61.2 Å². The molecule has 28 heavy (non-hydrogen) atoms. The number of nitrogens with zero attached hydrogens (tertiary/aromatic N) is 1. The summed E-state index contributed by atoms with van der Waals surface area (Å²) >= 11 is 0. The molecule has 4 rings (SSSR count). The first kappa shape index (κ1) is 19.2. The summed E-state index contributed by atoms with van der Waals surface area (Å²) in [6, 6.07) is 9.92. The predicted molar refractivity (Wildman–Crippen MR) is 104 cm³/mol. The number of fused-ring (bicyclic) bond motifs is 1. The van der Waals surface area contributed by atoms with Gasteiger partial charge in [0.1, 0.15) is 5.60 Å². The van der Waals surface area contributed by atoms with Gasteiger partial charge in [0.25, 0.3) is 0 Å². The highest BCUT2D eigenvalue weighted by Gasteiger charge is 2.70. The van der Waals surface area contributed by atoms with Gasteiger partial charge in [-0.05, 0) is 25.8 Å². The zero-order valence-corrected chi connectivity index (χ0v) is 16.5. The van der Waals surface area contributed by atoms with Crippen molar-refractivity contribution < 1.29 is 19.1 Å². The van der Waals surface area contributed by atoms with Gasteiger partial charge in [0.15, 0.2) is 0 Å². The zero-order chi connectivity index (χ0) is 19.8. The highest BCUT2D eigenvalue weighted by molar-refractivity contribution is 5.93. The number of nitrogens with one attached hydrogen (secondary N) is 1. The Labute approximate surface area is 165 Å². The quantitative estimate of drug-likeness (QED) is 0.549. The molecule has 1 aromatic carbocycles. The molecule has 4 atom stereocenters. The number of ether oxygens (including phenoxy) is 2. The number of likely N-dealkylation sites (tertiary alicyclic amines) is 1. The predicted octanol–water partition coefficient (Wildman–Crippen LogP) is 1.90. The number of carbonyl (C=O) groups is 2. The van der Waals surface area contributed by atoms with E-state index in [1.54, 1.807) is 0 Å². The van der Waals surface area contributed by atoms with Gasteiger partial charge < -0.3 is 19.7 Å². The highest BCUT2D eigenvalue weighted by Crippen LogP contribution is 2.57. The maximum atomic E-state index is 13.3. The molecule has 0 radical (unpaired) electrons. The van der Waals surface area contributed by atoms with Crippen molar-refractivity contribution in [3.05, 3.63) is 48.0 Å². The minimum Gasteiger partial charge on any atom is -0.382 e. The van der Waals surface area contributed by atoms with Gasteiger partial charge in [-0.1, -0.05) is 42.5 Å². The molecular weight excluding hydrogens is 356 g/mol. The van der Waals surface area contributed by atoms with Crippen LogP contribution in [0.5, 0.6) is 0 Å². The molecule has 2 bridgehead atoms. The average Bonchev–Trinajstić information content (AvgIpc) is 3.24. The van der Waals surface area contributed by atoms with Gasteiger partial charge in [-0.3, -0.25) is 9.59 Å². The summed E-state index contributed by atoms with van der Waals surface area (Å²) in [6.07, 6.45) is 4.72. The number of rotatable bonds is 8. The van der Waals surface area contributed by atoms with Gasteiger partial charge in [-0.25, -0.2) is 0 Å². The Bertz CT molecular complexity index is 780. The highest BCUT2D eigenvalue weighted by atomic mass is 16.5. The lowest BCUT2D eigenvalue weighted by Gasteiger charge is -2.29. The smallest absolute Gasteiger partial charge is 0.230 e. The van der Waals surface area contributed by atoms with E-state index in [4.69, 9.17) is 9.47 Å². The van der Waals surface area contributed by atoms with Crippen LogP contribution in [0.25, 0.3) is 0 Å². The van der Waals surface area contributed by atoms with Crippen molar-refractivity contribution in [3.63, 3.8) is 0 Å². The van der Waals surface area contributed by atoms with Crippen molar-refractivity contribution in [1.29, 1.82) is 0 Å². The summed E-state index contributed by atoms with van der Waals surface area (Å²) in [5.41, 5.74) is -0.328. The van der Waals surface area contributed by atoms with Crippen LogP contribution < -0.4 is 5.32 Å². The largest absolute Gasteiger partial charge is 0.382 e. The molecule has 3 aliphatic heterocycles. The lowest BCUT2D eigenvalue weighted by atomic mass is 9.72. The summed E-state index contributed by atoms with van der Waals surface area (Å²) in [5.74, 6) is -1.06. The molecule has 1 aromatic rings. The Morgan fingerprint density at radius 1 is 1.32 bits per heavy atom. The number of amides is 2. The van der Waals surface area contributed by atoms with E-state index < -0.39 is 23.0 Å². The van der Waals surface area contributed by atoms with Crippen LogP contribution in [0.2, 0.25) is 0 Å². The normalized spacial score (nSPS) is 32.8. The third-order valence-electron chi connectivity index (χ3n) is 6.07. The van der Waals surface area contributed by atoms with E-state index in [9.17, 15) is 9.59 Å². The molecular formula is C22H28N2O4. The van der Waals surface area contributed by atoms with E-state index >= 15 is 0 Å². The van der Waals surface area contributed by atoms with Gasteiger partial charge in [0.2, 0.25) is 11.8 Å². The van der Waals surface area contributed by atoms with Crippen LogP contribution in [-0.4, -0.2) is 54.2 Å². The van der Waals surface area contributed by atoms with Crippen LogP contribution in [0.4, 0.5) is 0 Å². The SMILES string of the molecule is CCOCCCNC(=O)C1[C@H]2C(=O)N(Cc3ccccc3)CC23C=C[C@]1(C)O3. The van der Waals surface area contributed by atoms with Crippen molar-refractivity contribution >= 4 is 11.8 Å². The topological polar surface area (TPSA) is 67.9 Å². The first-order chi connectivity index (χ1) is 13.5. The number of hydrogen-bond donors (Lipinski definition) is 1. The minimum absolute atomic E-state index is 0.00592. The Hall–Kier alpha value is -2.18. The van der Waals surface area contributed by atoms with E-state index in [0.717, 1.165) is 12.0 Å². The van der Waals surface area contributed by atoms with Gasteiger partial charge in [0, 0.05) is 26.3 Å². The lowest BCUT2D eigenvalue weighted by molar-refractivity contribution is -0.139. The maximum absolute atomic E-state index is 13.3. The zero-order valence-electron chi connectivity index (χ0n) is 16.5. The minimum atomic E-state index is -0.719. The third kappa shape index (κ3) is 3.14. The molecule has 2 unspecified atom stereocenters. The van der Waals surface area contributed by atoms with Crippen LogP contribution in [0.1, 0.15) is 25.8 Å². The molecule has 2 saturated heterocycles. The molecule has 6 nitrogen and oxygen atoms in total. The second-order valence-corrected chi connectivity index (χ2v) is 8.05. The molecule has 3 heterocycles. The van der Waals surface area contributed by atoms with E-state index in [1.165, 1.54) is 0 Å². The number of hydrogen-bond acceptors (Lipinski definition) is 4. The van der Waals surface area contributed by atoms with Gasteiger partial charge in [0.05, 0.1) is 24.0 Å². The van der Waals surface area contributed by atoms with Crippen LogP contribution in [0.3, 0.4) is 0 Å². The molecule has 150 valence electrons. The van der Waals surface area contributed by atoms with Crippen LogP contribution in [0, 0.1) is 11.8 Å². The van der Waals surface area contributed by atoms with Crippen LogP contribution in [-0.2, 0) is 25.6 Å². The summed E-state index contributed by atoms with van der Waals surface area (Å²) in [5, 5.41) is 2.98. The average molecular weight is 384 g/mol. The monoisotopic (exact) mass is 384 g/mol. The summed E-state index contributed by atoms with van der Waals surface area (Å²) in [7, 11) is 0. The van der Waals surface area contributed by atoms with Crippen molar-refractivity contribution in [2.24, 2.45) is 11.8 Å². The van der Waals surface area contributed by atoms with Gasteiger partial charge >= 0.3 is 0 Å². The van der Waals surface area contributed by atoms with Crippen LogP contribution >= 0.6 is 0 Å². The molecule has 2 fully saturated rings. The lowest BCUT2D eigenvalue weighted by Crippen LogP contribution is -2.48. The molecule has 0 saturated carbocycles. The molecule has 2 amide bonds. The van der Waals surface area contributed by atoms with Gasteiger partial charge in [-0.2, -0.15) is 0 Å². The first-order valence-corrected chi connectivity index (χ1v) is 10.1. The van der Waals surface area contributed by atoms with Gasteiger partial charge in [-0.15, -0.1) is 0 Å². The Kier molecular flexibility index (Phi) is 5.02. The second kappa shape index (κ2) is 7.33. The number of benzene rings is 1. The summed E-state index contributed by atoms with van der Waals surface area (Å²) in [4.78, 5) is 28.1. The van der Waals surface area contributed by atoms with Crippen LogP contribution in [0.15, 0.2) is 42.5 Å². The molecule has 6 heteroatoms. The van der Waals surface area contributed by atoms with E-state index in [2.05, 4.69) is 5.32 Å². The molecule has 1 spiro atoms. The molecule has 1 N–H and O–H groups in total. The Balaban J connectivity index is 1.48. The van der Waals surface area contributed by atoms with Crippen molar-refractivity contribution in [1.82, 2.24) is 10.2 Å². The molecule has 3 aliphatic rings. The molecule has 0 aliphatic carbocycles. The summed E-state index contributed by atoms with van der Waals surface area (Å²) in [6.45, 7) is 6.72. The van der Waals surface area contributed by atoms with Crippen molar-refractivity contribution in [2.75, 3.05) is 26.3 Å². The fourth-order valence-corrected chi connectivity index (χ4v) is 4.83. The number of carbonyl (C=O) groups excluding carboxylic acids is 2. The third-order valence-corrected chi connectivity index (χ3v) is 6.07. The molecule has 0 aromatic heterocycles. The maximum Gasteiger partial charge on any atom is 0.230 e. The standard InChI is InChI=1S/C22H28N2O4/c1-3-27-13-7-12-23-19(25)17-18-20(26)24(14-16-8-5-4-6-9-16)15-22(18)11-10-21(17,2)28-22/h4-6,8-11,17-18H,3,7,12-15H2,1-2H3,(H,23,25)/t17?,18-,21-,22?/m0/s1. The van der Waals surface area contributed by atoms with Crippen molar-refractivity contribution in [3.8, 4) is 0 Å². The van der Waals surface area contributed by atoms with E-state index in [0.29, 0.717) is 32.8 Å². The second-order valence-electron chi connectivity index (χ2n) is 8.05. The fraction of sp³-hybridized carbons (Fsp3) is 0.545. The Morgan fingerprint density at radius 3 is 2.86 bits per heavy atom. The summed E-state index contributed by atoms with van der Waals surface area (Å²) < 4.78 is 11.6. The van der Waals surface area contributed by atoms with Crippen molar-refractivity contribution in [2.45, 2.75) is 38.0 Å². The Morgan fingerprint density at radius 2 is 2.11 bits per heavy atom. The first-order valence-electron chi connectivity index (χ1n) is 10.1. The van der Waals surface area contributed by atoms with E-state index in [-0.39, 0.29) is 11.8 Å². The fourth-order valence-electron chi connectivity index (χ4n) is 4.83.